The van der Waals surface area contributed by atoms with Crippen molar-refractivity contribution in [2.45, 2.75) is 57.9 Å². The number of nitrogens with zero attached hydrogens (tertiary/aromatic N) is 3. The number of benzene rings is 2. The summed E-state index contributed by atoms with van der Waals surface area (Å²) in [6.07, 6.45) is 3.33. The van der Waals surface area contributed by atoms with Crippen molar-refractivity contribution in [1.29, 1.82) is 0 Å². The molecule has 0 aliphatic carbocycles. The number of ether oxygens (including phenoxy) is 3. The molecule has 1 aromatic heterocycles. The molecule has 40 heavy (non-hydrogen) atoms. The van der Waals surface area contributed by atoms with Gasteiger partial charge in [0, 0.05) is 30.8 Å². The second-order valence-corrected chi connectivity index (χ2v) is 12.0. The van der Waals surface area contributed by atoms with Gasteiger partial charge in [0.05, 0.1) is 35.9 Å². The summed E-state index contributed by atoms with van der Waals surface area (Å²) in [5.41, 5.74) is 0.853. The monoisotopic (exact) mass is 591 g/mol. The van der Waals surface area contributed by atoms with Crippen LogP contribution < -0.4 is 14.3 Å². The van der Waals surface area contributed by atoms with Crippen LogP contribution in [0.1, 0.15) is 56.8 Å². The maximum absolute atomic E-state index is 13.3. The number of sulfonamides is 1. The van der Waals surface area contributed by atoms with Crippen molar-refractivity contribution >= 4 is 43.5 Å². The Morgan fingerprint density at radius 2 is 1.55 bits per heavy atom. The molecule has 0 fully saturated rings. The van der Waals surface area contributed by atoms with Gasteiger partial charge in [0.1, 0.15) is 6.54 Å². The van der Waals surface area contributed by atoms with E-state index >= 15 is 0 Å². The van der Waals surface area contributed by atoms with Crippen LogP contribution in [0, 0.1) is 0 Å². The highest BCUT2D eigenvalue weighted by molar-refractivity contribution is 7.89. The molecular weight excluding hydrogens is 554 g/mol. The van der Waals surface area contributed by atoms with Gasteiger partial charge < -0.3 is 18.8 Å². The Kier molecular flexibility index (Phi) is 11.3. The fraction of sp³-hybridized carbons (Fsp3) is 0.464. The number of amides is 1. The number of methoxy groups -OCH3 is 2. The summed E-state index contributed by atoms with van der Waals surface area (Å²) < 4.78 is 46.3. The van der Waals surface area contributed by atoms with Gasteiger partial charge >= 0.3 is 5.97 Å². The van der Waals surface area contributed by atoms with Crippen molar-refractivity contribution in [3.05, 3.63) is 46.8 Å². The summed E-state index contributed by atoms with van der Waals surface area (Å²) in [4.78, 5) is 30.3. The van der Waals surface area contributed by atoms with Crippen LogP contribution in [-0.4, -0.2) is 63.1 Å². The minimum absolute atomic E-state index is 0.134. The molecule has 0 radical (unpaired) electrons. The fourth-order valence-electron chi connectivity index (χ4n) is 4.06. The quantitative estimate of drug-likeness (QED) is 0.251. The first-order valence-corrected chi connectivity index (χ1v) is 15.6. The van der Waals surface area contributed by atoms with E-state index in [2.05, 4.69) is 4.99 Å². The molecule has 0 saturated heterocycles. The third kappa shape index (κ3) is 7.29. The maximum atomic E-state index is 13.3. The Hall–Kier alpha value is -3.22. The van der Waals surface area contributed by atoms with Crippen LogP contribution in [0.25, 0.3) is 10.2 Å². The summed E-state index contributed by atoms with van der Waals surface area (Å²) in [6.45, 7) is 6.73. The highest BCUT2D eigenvalue weighted by Gasteiger charge is 2.24. The van der Waals surface area contributed by atoms with Gasteiger partial charge in [0.25, 0.3) is 5.91 Å². The lowest BCUT2D eigenvalue weighted by molar-refractivity contribution is -0.143. The predicted octanol–water partition coefficient (Wildman–Crippen LogP) is 4.62. The van der Waals surface area contributed by atoms with E-state index in [1.165, 1.54) is 54.1 Å². The molecule has 0 N–H and O–H groups in total. The zero-order valence-electron chi connectivity index (χ0n) is 23.6. The van der Waals surface area contributed by atoms with E-state index in [9.17, 15) is 18.0 Å². The number of thiazole rings is 1. The SMILES string of the molecule is CCCCN(CCCC)S(=O)(=O)c1ccc(C(=O)N=c2sc3cc(OC)c(OC)cc3n2CC(=O)OCC)cc1. The van der Waals surface area contributed by atoms with Gasteiger partial charge in [-0.15, -0.1) is 0 Å². The van der Waals surface area contributed by atoms with E-state index in [0.29, 0.717) is 30.1 Å². The Morgan fingerprint density at radius 1 is 0.950 bits per heavy atom. The lowest BCUT2D eigenvalue weighted by Crippen LogP contribution is -2.33. The molecule has 218 valence electrons. The number of hydrogen-bond donors (Lipinski definition) is 0. The van der Waals surface area contributed by atoms with E-state index in [1.54, 1.807) is 23.6 Å². The standard InChI is InChI=1S/C28H37N3O7S2/c1-6-9-15-30(16-10-7-2)40(34,35)21-13-11-20(12-14-21)27(33)29-28-31(19-26(32)38-8-3)22-17-23(36-4)24(37-5)18-25(22)39-28/h11-14,17-18H,6-10,15-16,19H2,1-5H3. The van der Waals surface area contributed by atoms with Crippen LogP contribution in [0.15, 0.2) is 46.3 Å². The molecule has 0 aliphatic rings. The van der Waals surface area contributed by atoms with Gasteiger partial charge in [-0.05, 0) is 44.0 Å². The van der Waals surface area contributed by atoms with Crippen molar-refractivity contribution in [2.24, 2.45) is 4.99 Å². The van der Waals surface area contributed by atoms with Crippen LogP contribution in [0.4, 0.5) is 0 Å². The second kappa shape index (κ2) is 14.4. The molecular formula is C28H37N3O7S2. The van der Waals surface area contributed by atoms with Gasteiger partial charge in [-0.1, -0.05) is 38.0 Å². The zero-order chi connectivity index (χ0) is 29.3. The first-order chi connectivity index (χ1) is 19.2. The molecule has 0 bridgehead atoms. The average molecular weight is 592 g/mol. The summed E-state index contributed by atoms with van der Waals surface area (Å²) in [7, 11) is -0.654. The third-order valence-corrected chi connectivity index (χ3v) is 9.19. The highest BCUT2D eigenvalue weighted by Crippen LogP contribution is 2.33. The highest BCUT2D eigenvalue weighted by atomic mass is 32.2. The summed E-state index contributed by atoms with van der Waals surface area (Å²) in [5, 5.41) is 0. The van der Waals surface area contributed by atoms with Crippen molar-refractivity contribution in [1.82, 2.24) is 8.87 Å². The summed E-state index contributed by atoms with van der Waals surface area (Å²) in [6, 6.07) is 9.28. The van der Waals surface area contributed by atoms with Gasteiger partial charge in [0.2, 0.25) is 10.0 Å². The van der Waals surface area contributed by atoms with Crippen molar-refractivity contribution in [3.8, 4) is 11.5 Å². The summed E-state index contributed by atoms with van der Waals surface area (Å²) in [5.74, 6) is -0.0786. The Morgan fingerprint density at radius 3 is 2.10 bits per heavy atom. The van der Waals surface area contributed by atoms with E-state index in [4.69, 9.17) is 14.2 Å². The zero-order valence-corrected chi connectivity index (χ0v) is 25.3. The van der Waals surface area contributed by atoms with Crippen molar-refractivity contribution in [2.75, 3.05) is 33.9 Å². The molecule has 0 saturated carbocycles. The van der Waals surface area contributed by atoms with Crippen LogP contribution in [0.2, 0.25) is 0 Å². The van der Waals surface area contributed by atoms with Crippen LogP contribution >= 0.6 is 11.3 Å². The number of rotatable bonds is 14. The van der Waals surface area contributed by atoms with Crippen LogP contribution in [0.5, 0.6) is 11.5 Å². The minimum Gasteiger partial charge on any atom is -0.493 e. The molecule has 0 atom stereocenters. The minimum atomic E-state index is -3.69. The Balaban J connectivity index is 2.00. The van der Waals surface area contributed by atoms with Crippen LogP contribution in [-0.2, 0) is 26.1 Å². The largest absolute Gasteiger partial charge is 0.493 e. The topological polar surface area (TPSA) is 117 Å². The normalized spacial score (nSPS) is 12.2. The molecule has 0 unspecified atom stereocenters. The number of carbonyl (C=O) groups excluding carboxylic acids is 2. The Labute approximate surface area is 239 Å². The van der Waals surface area contributed by atoms with Gasteiger partial charge in [0.15, 0.2) is 16.3 Å². The number of hydrogen-bond acceptors (Lipinski definition) is 8. The lowest BCUT2D eigenvalue weighted by Gasteiger charge is -2.22. The third-order valence-electron chi connectivity index (χ3n) is 6.24. The van der Waals surface area contributed by atoms with E-state index in [1.807, 2.05) is 13.8 Å². The lowest BCUT2D eigenvalue weighted by atomic mass is 10.2. The number of unbranched alkanes of at least 4 members (excludes halogenated alkanes) is 2. The number of carbonyl (C=O) groups is 2. The molecule has 1 heterocycles. The summed E-state index contributed by atoms with van der Waals surface area (Å²) >= 11 is 1.21. The first kappa shape index (κ1) is 31.3. The molecule has 3 aromatic rings. The van der Waals surface area contributed by atoms with Crippen molar-refractivity contribution in [3.63, 3.8) is 0 Å². The van der Waals surface area contributed by atoms with Gasteiger partial charge in [-0.3, -0.25) is 9.59 Å². The van der Waals surface area contributed by atoms with Gasteiger partial charge in [-0.2, -0.15) is 9.30 Å². The van der Waals surface area contributed by atoms with Crippen molar-refractivity contribution < 1.29 is 32.2 Å². The molecule has 0 spiro atoms. The number of fused-ring (bicyclic) bond motifs is 1. The molecule has 3 rings (SSSR count). The second-order valence-electron chi connectivity index (χ2n) is 9.00. The molecule has 12 heteroatoms. The number of esters is 1. The molecule has 0 aliphatic heterocycles. The smallest absolute Gasteiger partial charge is 0.326 e. The van der Waals surface area contributed by atoms with E-state index < -0.39 is 21.9 Å². The molecule has 10 nitrogen and oxygen atoms in total. The van der Waals surface area contributed by atoms with E-state index in [-0.39, 0.29) is 28.4 Å². The van der Waals surface area contributed by atoms with Crippen LogP contribution in [0.3, 0.4) is 0 Å². The Bertz CT molecular complexity index is 1480. The number of aromatic nitrogens is 1. The predicted molar refractivity (Wildman–Crippen MR) is 154 cm³/mol. The van der Waals surface area contributed by atoms with E-state index in [0.717, 1.165) is 30.4 Å². The first-order valence-electron chi connectivity index (χ1n) is 13.3. The molecule has 2 aromatic carbocycles. The van der Waals surface area contributed by atoms with Gasteiger partial charge in [-0.25, -0.2) is 8.42 Å². The fourth-order valence-corrected chi connectivity index (χ4v) is 6.62. The maximum Gasteiger partial charge on any atom is 0.326 e. The average Bonchev–Trinajstić information content (AvgIpc) is 3.27. The molecule has 1 amide bonds.